The van der Waals surface area contributed by atoms with E-state index in [9.17, 15) is 13.2 Å². The van der Waals surface area contributed by atoms with E-state index in [1.807, 2.05) is 24.0 Å². The maximum Gasteiger partial charge on any atom is 0.243 e. The number of sulfonamides is 1. The molecule has 6 nitrogen and oxygen atoms in total. The van der Waals surface area contributed by atoms with Crippen molar-refractivity contribution in [1.29, 1.82) is 0 Å². The Labute approximate surface area is 190 Å². The van der Waals surface area contributed by atoms with Crippen LogP contribution in [0.1, 0.15) is 37.3 Å². The van der Waals surface area contributed by atoms with Gasteiger partial charge in [-0.3, -0.25) is 9.69 Å². The third kappa shape index (κ3) is 5.86. The Kier molecular flexibility index (Phi) is 7.75. The van der Waals surface area contributed by atoms with Crippen LogP contribution in [0.3, 0.4) is 0 Å². The highest BCUT2D eigenvalue weighted by Crippen LogP contribution is 2.23. The van der Waals surface area contributed by atoms with Crippen molar-refractivity contribution in [2.24, 2.45) is 0 Å². The van der Waals surface area contributed by atoms with Crippen LogP contribution in [-0.2, 0) is 14.8 Å². The molecule has 1 aliphatic heterocycles. The number of hydrogen-bond donors (Lipinski definition) is 1. The van der Waals surface area contributed by atoms with Crippen molar-refractivity contribution < 1.29 is 13.2 Å². The number of hydrogen-bond acceptors (Lipinski definition) is 4. The Balaban J connectivity index is 1.55. The first kappa shape index (κ1) is 23.7. The molecule has 2 aromatic carbocycles. The van der Waals surface area contributed by atoms with Gasteiger partial charge in [0.05, 0.1) is 11.4 Å². The zero-order valence-electron chi connectivity index (χ0n) is 18.3. The second-order valence-corrected chi connectivity index (χ2v) is 10.4. The average molecular weight is 464 g/mol. The molecule has 0 spiro atoms. The number of carbonyl (C=O) groups is 1. The van der Waals surface area contributed by atoms with E-state index in [4.69, 9.17) is 11.6 Å². The fourth-order valence-electron chi connectivity index (χ4n) is 3.64. The molecule has 1 saturated heterocycles. The minimum absolute atomic E-state index is 0.123. The lowest BCUT2D eigenvalue weighted by molar-refractivity contribution is -0.117. The van der Waals surface area contributed by atoms with Crippen molar-refractivity contribution in [3.63, 3.8) is 0 Å². The summed E-state index contributed by atoms with van der Waals surface area (Å²) in [5, 5.41) is 3.53. The van der Waals surface area contributed by atoms with E-state index >= 15 is 0 Å². The number of anilines is 1. The van der Waals surface area contributed by atoms with Crippen LogP contribution < -0.4 is 5.32 Å². The molecular weight excluding hydrogens is 434 g/mol. The molecule has 1 amide bonds. The highest BCUT2D eigenvalue weighted by molar-refractivity contribution is 7.89. The van der Waals surface area contributed by atoms with Crippen LogP contribution in [0, 0.1) is 6.92 Å². The van der Waals surface area contributed by atoms with Gasteiger partial charge >= 0.3 is 0 Å². The van der Waals surface area contributed by atoms with E-state index < -0.39 is 10.0 Å². The predicted molar refractivity (Wildman–Crippen MR) is 125 cm³/mol. The highest BCUT2D eigenvalue weighted by Gasteiger charge is 2.29. The summed E-state index contributed by atoms with van der Waals surface area (Å²) in [6.45, 7) is 8.11. The molecule has 0 saturated carbocycles. The van der Waals surface area contributed by atoms with E-state index in [1.165, 1.54) is 4.31 Å². The fourth-order valence-corrected chi connectivity index (χ4v) is 5.29. The van der Waals surface area contributed by atoms with Gasteiger partial charge in [0, 0.05) is 36.9 Å². The Morgan fingerprint density at radius 2 is 1.74 bits per heavy atom. The number of amides is 1. The van der Waals surface area contributed by atoms with Crippen molar-refractivity contribution in [3.05, 3.63) is 58.6 Å². The number of benzene rings is 2. The summed E-state index contributed by atoms with van der Waals surface area (Å²) in [5.41, 5.74) is 2.78. The first-order chi connectivity index (χ1) is 14.7. The van der Waals surface area contributed by atoms with Crippen LogP contribution in [0.25, 0.3) is 0 Å². The van der Waals surface area contributed by atoms with Crippen LogP contribution in [0.2, 0.25) is 5.02 Å². The Morgan fingerprint density at radius 3 is 2.32 bits per heavy atom. The quantitative estimate of drug-likeness (QED) is 0.670. The monoisotopic (exact) mass is 463 g/mol. The molecule has 2 aromatic rings. The maximum atomic E-state index is 13.0. The zero-order valence-corrected chi connectivity index (χ0v) is 19.8. The average Bonchev–Trinajstić information content (AvgIpc) is 2.75. The summed E-state index contributed by atoms with van der Waals surface area (Å²) in [6, 6.07) is 12.5. The van der Waals surface area contributed by atoms with E-state index in [1.54, 1.807) is 30.3 Å². The van der Waals surface area contributed by atoms with Crippen LogP contribution in [-0.4, -0.2) is 56.3 Å². The number of piperazine rings is 1. The second-order valence-electron chi connectivity index (χ2n) is 8.07. The van der Waals surface area contributed by atoms with Crippen LogP contribution in [0.5, 0.6) is 0 Å². The van der Waals surface area contributed by atoms with Gasteiger partial charge in [-0.25, -0.2) is 8.42 Å². The lowest BCUT2D eigenvalue weighted by atomic mass is 9.99. The van der Waals surface area contributed by atoms with E-state index in [2.05, 4.69) is 19.2 Å². The number of nitrogens with one attached hydrogen (secondary N) is 1. The number of rotatable bonds is 7. The van der Waals surface area contributed by atoms with Crippen molar-refractivity contribution in [1.82, 2.24) is 9.21 Å². The fraction of sp³-hybridized carbons (Fsp3) is 0.435. The molecule has 0 radical (unpaired) electrons. The van der Waals surface area contributed by atoms with E-state index in [-0.39, 0.29) is 12.5 Å². The Morgan fingerprint density at radius 1 is 1.10 bits per heavy atom. The van der Waals surface area contributed by atoms with Gasteiger partial charge in [0.15, 0.2) is 0 Å². The molecule has 8 heteroatoms. The Bertz CT molecular complexity index is 1020. The normalized spacial score (nSPS) is 16.8. The maximum absolute atomic E-state index is 13.0. The van der Waals surface area contributed by atoms with Crippen LogP contribution in [0.15, 0.2) is 47.4 Å². The summed E-state index contributed by atoms with van der Waals surface area (Å²) in [7, 11) is -3.53. The molecule has 1 atom stereocenters. The van der Waals surface area contributed by atoms with Gasteiger partial charge in [0.2, 0.25) is 15.9 Å². The molecule has 1 heterocycles. The lowest BCUT2D eigenvalue weighted by Crippen LogP contribution is -2.50. The summed E-state index contributed by atoms with van der Waals surface area (Å²) in [6.07, 6.45) is 1.01. The smallest absolute Gasteiger partial charge is 0.243 e. The molecule has 1 aliphatic rings. The number of carbonyl (C=O) groups excluding carboxylic acids is 1. The van der Waals surface area contributed by atoms with Gasteiger partial charge in [0.1, 0.15) is 0 Å². The molecule has 168 valence electrons. The van der Waals surface area contributed by atoms with Crippen molar-refractivity contribution in [2.75, 3.05) is 38.0 Å². The third-order valence-electron chi connectivity index (χ3n) is 5.86. The minimum atomic E-state index is -3.53. The number of halogens is 1. The lowest BCUT2D eigenvalue weighted by Gasteiger charge is -2.33. The van der Waals surface area contributed by atoms with Gasteiger partial charge in [0.25, 0.3) is 0 Å². The zero-order chi connectivity index (χ0) is 22.6. The molecule has 0 bridgehead atoms. The molecule has 0 aliphatic carbocycles. The van der Waals surface area contributed by atoms with E-state index in [0.29, 0.717) is 42.0 Å². The van der Waals surface area contributed by atoms with Gasteiger partial charge in [-0.1, -0.05) is 37.6 Å². The molecule has 1 fully saturated rings. The SMILES string of the molecule is CC[C@@H](C)c1ccc(S(=O)(=O)N2CCN(CC(=O)Nc3ccc(Cl)cc3C)CC2)cc1. The molecular formula is C23H30ClN3O3S. The topological polar surface area (TPSA) is 69.7 Å². The second kappa shape index (κ2) is 10.1. The van der Waals surface area contributed by atoms with Crippen molar-refractivity contribution in [2.45, 2.75) is 38.0 Å². The molecule has 3 rings (SSSR count). The summed E-state index contributed by atoms with van der Waals surface area (Å²) < 4.78 is 27.5. The summed E-state index contributed by atoms with van der Waals surface area (Å²) in [4.78, 5) is 14.7. The summed E-state index contributed by atoms with van der Waals surface area (Å²) in [5.74, 6) is 0.283. The largest absolute Gasteiger partial charge is 0.325 e. The first-order valence-electron chi connectivity index (χ1n) is 10.6. The predicted octanol–water partition coefficient (Wildman–Crippen LogP) is 4.11. The van der Waals surface area contributed by atoms with Crippen molar-refractivity contribution >= 4 is 33.2 Å². The standard InChI is InChI=1S/C23H30ClN3O3S/c1-4-17(2)19-5-8-21(9-6-19)31(29,30)27-13-11-26(12-14-27)16-23(28)25-22-10-7-20(24)15-18(22)3/h5-10,15,17H,4,11-14,16H2,1-3H3,(H,25,28)/t17-/m1/s1. The van der Waals surface area contributed by atoms with Crippen LogP contribution in [0.4, 0.5) is 5.69 Å². The Hall–Kier alpha value is -1.93. The van der Waals surface area contributed by atoms with E-state index in [0.717, 1.165) is 23.2 Å². The molecule has 31 heavy (non-hydrogen) atoms. The third-order valence-corrected chi connectivity index (χ3v) is 8.01. The van der Waals surface area contributed by atoms with Gasteiger partial charge in [-0.15, -0.1) is 0 Å². The highest BCUT2D eigenvalue weighted by atomic mass is 35.5. The number of nitrogens with zero attached hydrogens (tertiary/aromatic N) is 2. The van der Waals surface area contributed by atoms with Crippen LogP contribution >= 0.6 is 11.6 Å². The van der Waals surface area contributed by atoms with Gasteiger partial charge in [-0.05, 0) is 60.7 Å². The minimum Gasteiger partial charge on any atom is -0.325 e. The van der Waals surface area contributed by atoms with Gasteiger partial charge < -0.3 is 5.32 Å². The van der Waals surface area contributed by atoms with Gasteiger partial charge in [-0.2, -0.15) is 4.31 Å². The molecule has 0 unspecified atom stereocenters. The number of aryl methyl sites for hydroxylation is 1. The first-order valence-corrected chi connectivity index (χ1v) is 12.4. The summed E-state index contributed by atoms with van der Waals surface area (Å²) >= 11 is 5.96. The molecule has 0 aromatic heterocycles. The molecule has 1 N–H and O–H groups in total. The van der Waals surface area contributed by atoms with Crippen molar-refractivity contribution in [3.8, 4) is 0 Å².